The van der Waals surface area contributed by atoms with Gasteiger partial charge in [-0.1, -0.05) is 42.5 Å². The number of hydrogen-bond acceptors (Lipinski definition) is 1. The summed E-state index contributed by atoms with van der Waals surface area (Å²) >= 11 is 0. The van der Waals surface area contributed by atoms with E-state index in [1.54, 1.807) is 0 Å². The molecule has 1 N–H and O–H groups in total. The number of aryl methyl sites for hydroxylation is 2. The Morgan fingerprint density at radius 1 is 0.789 bits per heavy atom. The molecule has 100 valence electrons. The Hall–Kier alpha value is -1.60. The smallest absolute Gasteiger partial charge is 0.0208 e. The first-order valence-electron chi connectivity index (χ1n) is 6.99. The van der Waals surface area contributed by atoms with Crippen molar-refractivity contribution in [3.63, 3.8) is 0 Å². The van der Waals surface area contributed by atoms with Crippen molar-refractivity contribution >= 4 is 0 Å². The second-order valence-electron chi connectivity index (χ2n) is 5.21. The quantitative estimate of drug-likeness (QED) is 0.796. The molecule has 1 heteroatoms. The summed E-state index contributed by atoms with van der Waals surface area (Å²) in [5.74, 6) is 0. The fraction of sp³-hybridized carbons (Fsp3) is 0.333. The minimum absolute atomic E-state index is 0.958. The molecule has 0 saturated carbocycles. The Morgan fingerprint density at radius 2 is 1.47 bits per heavy atom. The minimum atomic E-state index is 0.958. The molecule has 0 radical (unpaired) electrons. The fourth-order valence-electron chi connectivity index (χ4n) is 2.34. The first-order chi connectivity index (χ1) is 9.18. The molecule has 0 spiro atoms. The van der Waals surface area contributed by atoms with E-state index in [-0.39, 0.29) is 0 Å². The standard InChI is InChI=1S/C18H23N/c1-14-8-6-10-18(16(14)3)13-19-12-11-17-9-5-4-7-15(17)2/h4-10,19H,11-13H2,1-3H3. The minimum Gasteiger partial charge on any atom is -0.312 e. The summed E-state index contributed by atoms with van der Waals surface area (Å²) < 4.78 is 0. The Bertz CT molecular complexity index is 543. The summed E-state index contributed by atoms with van der Waals surface area (Å²) in [5, 5.41) is 3.55. The topological polar surface area (TPSA) is 12.0 Å². The molecule has 0 atom stereocenters. The van der Waals surface area contributed by atoms with E-state index >= 15 is 0 Å². The maximum absolute atomic E-state index is 3.55. The molecule has 0 aliphatic carbocycles. The lowest BCUT2D eigenvalue weighted by Crippen LogP contribution is -2.17. The number of rotatable bonds is 5. The maximum Gasteiger partial charge on any atom is 0.0208 e. The Balaban J connectivity index is 1.84. The molecule has 0 aliphatic rings. The summed E-state index contributed by atoms with van der Waals surface area (Å²) in [6.45, 7) is 8.54. The SMILES string of the molecule is Cc1ccccc1CCNCc1cccc(C)c1C. The molecule has 0 unspecified atom stereocenters. The van der Waals surface area contributed by atoms with Crippen molar-refractivity contribution in [2.75, 3.05) is 6.54 Å². The van der Waals surface area contributed by atoms with Gasteiger partial charge in [-0.3, -0.25) is 0 Å². The third-order valence-electron chi connectivity index (χ3n) is 3.86. The van der Waals surface area contributed by atoms with Gasteiger partial charge in [-0.05, 0) is 61.6 Å². The average Bonchev–Trinajstić information content (AvgIpc) is 2.41. The summed E-state index contributed by atoms with van der Waals surface area (Å²) in [5.41, 5.74) is 7.01. The van der Waals surface area contributed by atoms with E-state index in [0.29, 0.717) is 0 Å². The third-order valence-corrected chi connectivity index (χ3v) is 3.86. The Kier molecular flexibility index (Phi) is 4.75. The van der Waals surface area contributed by atoms with Crippen LogP contribution in [0.2, 0.25) is 0 Å². The highest BCUT2D eigenvalue weighted by atomic mass is 14.8. The van der Waals surface area contributed by atoms with Crippen LogP contribution in [0.3, 0.4) is 0 Å². The van der Waals surface area contributed by atoms with Gasteiger partial charge in [0.15, 0.2) is 0 Å². The van der Waals surface area contributed by atoms with Crippen molar-refractivity contribution in [1.29, 1.82) is 0 Å². The molecular weight excluding hydrogens is 230 g/mol. The summed E-state index contributed by atoms with van der Waals surface area (Å²) in [6.07, 6.45) is 1.09. The van der Waals surface area contributed by atoms with Gasteiger partial charge < -0.3 is 5.32 Å². The number of hydrogen-bond donors (Lipinski definition) is 1. The van der Waals surface area contributed by atoms with Gasteiger partial charge in [-0.2, -0.15) is 0 Å². The zero-order valence-electron chi connectivity index (χ0n) is 12.2. The monoisotopic (exact) mass is 253 g/mol. The molecule has 0 fully saturated rings. The van der Waals surface area contributed by atoms with Crippen molar-refractivity contribution in [2.24, 2.45) is 0 Å². The van der Waals surface area contributed by atoms with E-state index in [0.717, 1.165) is 19.5 Å². The van der Waals surface area contributed by atoms with Crippen LogP contribution in [0.1, 0.15) is 27.8 Å². The van der Waals surface area contributed by atoms with Crippen LogP contribution >= 0.6 is 0 Å². The van der Waals surface area contributed by atoms with Gasteiger partial charge >= 0.3 is 0 Å². The zero-order valence-corrected chi connectivity index (χ0v) is 12.2. The van der Waals surface area contributed by atoms with Gasteiger partial charge in [0.1, 0.15) is 0 Å². The van der Waals surface area contributed by atoms with Crippen LogP contribution < -0.4 is 5.32 Å². The van der Waals surface area contributed by atoms with E-state index in [9.17, 15) is 0 Å². The molecule has 0 aromatic heterocycles. The molecule has 0 aliphatic heterocycles. The van der Waals surface area contributed by atoms with Crippen LogP contribution in [-0.4, -0.2) is 6.54 Å². The Labute approximate surface area is 116 Å². The van der Waals surface area contributed by atoms with Crippen LogP contribution in [0.25, 0.3) is 0 Å². The van der Waals surface area contributed by atoms with Crippen LogP contribution in [-0.2, 0) is 13.0 Å². The highest BCUT2D eigenvalue weighted by Gasteiger charge is 2.01. The Morgan fingerprint density at radius 3 is 2.26 bits per heavy atom. The molecule has 0 saturated heterocycles. The summed E-state index contributed by atoms with van der Waals surface area (Å²) in [7, 11) is 0. The highest BCUT2D eigenvalue weighted by molar-refractivity contribution is 5.33. The molecule has 2 rings (SSSR count). The van der Waals surface area contributed by atoms with Gasteiger partial charge in [-0.25, -0.2) is 0 Å². The normalized spacial score (nSPS) is 10.7. The molecule has 1 nitrogen and oxygen atoms in total. The van der Waals surface area contributed by atoms with Crippen molar-refractivity contribution in [3.8, 4) is 0 Å². The number of nitrogens with one attached hydrogen (secondary N) is 1. The second kappa shape index (κ2) is 6.53. The van der Waals surface area contributed by atoms with E-state index < -0.39 is 0 Å². The molecule has 2 aromatic carbocycles. The molecule has 19 heavy (non-hydrogen) atoms. The lowest BCUT2D eigenvalue weighted by molar-refractivity contribution is 0.683. The maximum atomic E-state index is 3.55. The lowest BCUT2D eigenvalue weighted by Gasteiger charge is -2.10. The predicted molar refractivity (Wildman–Crippen MR) is 82.5 cm³/mol. The van der Waals surface area contributed by atoms with Crippen LogP contribution in [0, 0.1) is 20.8 Å². The summed E-state index contributed by atoms with van der Waals surface area (Å²) in [6, 6.07) is 15.1. The zero-order chi connectivity index (χ0) is 13.7. The largest absolute Gasteiger partial charge is 0.312 e. The van der Waals surface area contributed by atoms with Gasteiger partial charge in [-0.15, -0.1) is 0 Å². The van der Waals surface area contributed by atoms with E-state index in [2.05, 4.69) is 68.6 Å². The molecule has 0 heterocycles. The molecule has 2 aromatic rings. The summed E-state index contributed by atoms with van der Waals surface area (Å²) in [4.78, 5) is 0. The van der Waals surface area contributed by atoms with Gasteiger partial charge in [0, 0.05) is 6.54 Å². The van der Waals surface area contributed by atoms with Gasteiger partial charge in [0.2, 0.25) is 0 Å². The van der Waals surface area contributed by atoms with Crippen LogP contribution in [0.4, 0.5) is 0 Å². The second-order valence-corrected chi connectivity index (χ2v) is 5.21. The first-order valence-corrected chi connectivity index (χ1v) is 6.99. The van der Waals surface area contributed by atoms with Crippen LogP contribution in [0.5, 0.6) is 0 Å². The van der Waals surface area contributed by atoms with E-state index in [1.807, 2.05) is 0 Å². The van der Waals surface area contributed by atoms with Crippen molar-refractivity contribution in [1.82, 2.24) is 5.32 Å². The van der Waals surface area contributed by atoms with Gasteiger partial charge in [0.05, 0.1) is 0 Å². The first kappa shape index (κ1) is 13.8. The third kappa shape index (κ3) is 3.68. The van der Waals surface area contributed by atoms with Crippen molar-refractivity contribution in [2.45, 2.75) is 33.7 Å². The lowest BCUT2D eigenvalue weighted by atomic mass is 10.0. The van der Waals surface area contributed by atoms with E-state index in [1.165, 1.54) is 27.8 Å². The number of benzene rings is 2. The van der Waals surface area contributed by atoms with Gasteiger partial charge in [0.25, 0.3) is 0 Å². The molecule has 0 amide bonds. The van der Waals surface area contributed by atoms with Crippen molar-refractivity contribution in [3.05, 3.63) is 70.3 Å². The van der Waals surface area contributed by atoms with Crippen LogP contribution in [0.15, 0.2) is 42.5 Å². The molecular formula is C18H23N. The molecule has 0 bridgehead atoms. The van der Waals surface area contributed by atoms with E-state index in [4.69, 9.17) is 0 Å². The average molecular weight is 253 g/mol. The predicted octanol–water partition coefficient (Wildman–Crippen LogP) is 3.94. The highest BCUT2D eigenvalue weighted by Crippen LogP contribution is 2.12. The fourth-order valence-corrected chi connectivity index (χ4v) is 2.34. The van der Waals surface area contributed by atoms with Crippen molar-refractivity contribution < 1.29 is 0 Å².